The van der Waals surface area contributed by atoms with Crippen molar-refractivity contribution >= 4 is 23.4 Å². The van der Waals surface area contributed by atoms with Crippen LogP contribution in [0, 0.1) is 16.7 Å². The van der Waals surface area contributed by atoms with Crippen LogP contribution in [0.1, 0.15) is 45.6 Å². The van der Waals surface area contributed by atoms with Gasteiger partial charge in [-0.05, 0) is 30.4 Å². The number of nitrogens with zero attached hydrogens (tertiary/aromatic N) is 1. The predicted molar refractivity (Wildman–Crippen MR) is 96.0 cm³/mol. The number of benzene rings is 1. The van der Waals surface area contributed by atoms with E-state index in [2.05, 4.69) is 5.32 Å². The Kier molecular flexibility index (Phi) is 4.80. The van der Waals surface area contributed by atoms with Crippen molar-refractivity contribution in [1.29, 1.82) is 0 Å². The Balaban J connectivity index is 1.70. The molecule has 1 N–H and O–H groups in total. The molecule has 2 fully saturated rings. The molecule has 1 aliphatic carbocycles. The number of carbonyl (C=O) groups excluding carboxylic acids is 3. The van der Waals surface area contributed by atoms with Crippen molar-refractivity contribution in [3.63, 3.8) is 0 Å². The van der Waals surface area contributed by atoms with Crippen LogP contribution in [0.2, 0.25) is 0 Å². The van der Waals surface area contributed by atoms with Gasteiger partial charge in [-0.2, -0.15) is 13.2 Å². The second-order valence-corrected chi connectivity index (χ2v) is 8.28. The zero-order valence-electron chi connectivity index (χ0n) is 16.0. The van der Waals surface area contributed by atoms with Crippen molar-refractivity contribution in [2.75, 3.05) is 11.9 Å². The van der Waals surface area contributed by atoms with Gasteiger partial charge < -0.3 is 5.32 Å². The van der Waals surface area contributed by atoms with Gasteiger partial charge in [0.2, 0.25) is 17.7 Å². The third-order valence-corrected chi connectivity index (χ3v) is 6.58. The van der Waals surface area contributed by atoms with E-state index in [9.17, 15) is 27.6 Å². The molecule has 0 spiro atoms. The number of amides is 3. The van der Waals surface area contributed by atoms with Gasteiger partial charge in [-0.3, -0.25) is 19.3 Å². The molecule has 0 radical (unpaired) electrons. The first kappa shape index (κ1) is 20.4. The highest BCUT2D eigenvalue weighted by Gasteiger charge is 2.64. The van der Waals surface area contributed by atoms with Crippen LogP contribution in [0.4, 0.5) is 18.9 Å². The average molecular weight is 396 g/mol. The van der Waals surface area contributed by atoms with Crippen molar-refractivity contribution in [3.05, 3.63) is 29.8 Å². The molecule has 1 heterocycles. The Bertz CT molecular complexity index is 834. The lowest BCUT2D eigenvalue weighted by Crippen LogP contribution is -2.59. The third-order valence-electron chi connectivity index (χ3n) is 6.58. The minimum Gasteiger partial charge on any atom is -0.325 e. The molecule has 1 aliphatic heterocycles. The fraction of sp³-hybridized carbons (Fsp3) is 0.550. The Hall–Kier alpha value is -2.38. The summed E-state index contributed by atoms with van der Waals surface area (Å²) in [5.74, 6) is -1.57. The molecule has 2 bridgehead atoms. The highest BCUT2D eigenvalue weighted by Crippen LogP contribution is 2.60. The summed E-state index contributed by atoms with van der Waals surface area (Å²) in [4.78, 5) is 39.0. The summed E-state index contributed by atoms with van der Waals surface area (Å²) in [7, 11) is 0. The van der Waals surface area contributed by atoms with Crippen molar-refractivity contribution < 1.29 is 27.6 Å². The first-order chi connectivity index (χ1) is 12.9. The third kappa shape index (κ3) is 3.08. The topological polar surface area (TPSA) is 66.5 Å². The summed E-state index contributed by atoms with van der Waals surface area (Å²) < 4.78 is 39.1. The van der Waals surface area contributed by atoms with Crippen molar-refractivity contribution in [2.45, 2.75) is 46.2 Å². The van der Waals surface area contributed by atoms with Gasteiger partial charge in [0.25, 0.3) is 0 Å². The van der Waals surface area contributed by atoms with E-state index in [4.69, 9.17) is 0 Å². The molecular weight excluding hydrogens is 373 g/mol. The van der Waals surface area contributed by atoms with Crippen LogP contribution in [-0.4, -0.2) is 29.2 Å². The minimum absolute atomic E-state index is 0.139. The smallest absolute Gasteiger partial charge is 0.325 e. The van der Waals surface area contributed by atoms with E-state index in [0.717, 1.165) is 11.0 Å². The highest BCUT2D eigenvalue weighted by atomic mass is 19.4. The van der Waals surface area contributed by atoms with Crippen molar-refractivity contribution in [2.24, 2.45) is 16.7 Å². The maximum absolute atomic E-state index is 13.0. The van der Waals surface area contributed by atoms with E-state index in [-0.39, 0.29) is 36.4 Å². The molecule has 5 nitrogen and oxygen atoms in total. The number of halogens is 3. The maximum Gasteiger partial charge on any atom is 0.418 e. The van der Waals surface area contributed by atoms with Gasteiger partial charge in [0.15, 0.2) is 0 Å². The summed E-state index contributed by atoms with van der Waals surface area (Å²) in [6.45, 7) is 5.53. The van der Waals surface area contributed by atoms with Gasteiger partial charge in [0.1, 0.15) is 0 Å². The Morgan fingerprint density at radius 3 is 2.50 bits per heavy atom. The number of fused-ring (bicyclic) bond motifs is 2. The molecule has 152 valence electrons. The van der Waals surface area contributed by atoms with Crippen LogP contribution in [-0.2, 0) is 20.6 Å². The molecule has 1 aromatic rings. The number of hydrogen-bond donors (Lipinski definition) is 1. The molecule has 3 rings (SSSR count). The molecule has 3 amide bonds. The van der Waals surface area contributed by atoms with Gasteiger partial charge in [0, 0.05) is 18.9 Å². The van der Waals surface area contributed by atoms with Crippen LogP contribution >= 0.6 is 0 Å². The fourth-order valence-electron chi connectivity index (χ4n) is 4.38. The highest BCUT2D eigenvalue weighted by molar-refractivity contribution is 6.04. The fourth-order valence-corrected chi connectivity index (χ4v) is 4.38. The van der Waals surface area contributed by atoms with Crippen LogP contribution < -0.4 is 5.32 Å². The van der Waals surface area contributed by atoms with Crippen LogP contribution in [0.15, 0.2) is 24.3 Å². The zero-order valence-corrected chi connectivity index (χ0v) is 16.0. The van der Waals surface area contributed by atoms with Gasteiger partial charge in [-0.1, -0.05) is 32.9 Å². The lowest BCUT2D eigenvalue weighted by atomic mass is 9.62. The maximum atomic E-state index is 13.0. The largest absolute Gasteiger partial charge is 0.418 e. The minimum atomic E-state index is -4.60. The number of imide groups is 1. The first-order valence-corrected chi connectivity index (χ1v) is 9.21. The normalized spacial score (nSPS) is 26.5. The lowest BCUT2D eigenvalue weighted by molar-refractivity contribution is -0.167. The van der Waals surface area contributed by atoms with Gasteiger partial charge in [-0.25, -0.2) is 0 Å². The van der Waals surface area contributed by atoms with Crippen molar-refractivity contribution in [1.82, 2.24) is 4.90 Å². The predicted octanol–water partition coefficient (Wildman–Crippen LogP) is 3.85. The van der Waals surface area contributed by atoms with E-state index in [1.165, 1.54) is 18.2 Å². The molecule has 8 heteroatoms. The zero-order chi connectivity index (χ0) is 20.9. The van der Waals surface area contributed by atoms with Crippen molar-refractivity contribution in [3.8, 4) is 0 Å². The molecule has 1 aromatic carbocycles. The van der Waals surface area contributed by atoms with E-state index >= 15 is 0 Å². The van der Waals surface area contributed by atoms with Gasteiger partial charge in [-0.15, -0.1) is 0 Å². The number of hydrogen-bond acceptors (Lipinski definition) is 3. The number of rotatable bonds is 4. The standard InChI is InChI=1S/C20H23F3N2O3/c1-18(2)13-8-10-19(18,3)17(28)25(16(13)27)11-9-15(26)24-14-7-5-4-6-12(14)20(21,22)23/h4-7,13H,8-11H2,1-3H3,(H,24,26). The summed E-state index contributed by atoms with van der Waals surface area (Å²) in [6.07, 6.45) is -3.62. The number of alkyl halides is 3. The Morgan fingerprint density at radius 2 is 1.86 bits per heavy atom. The van der Waals surface area contributed by atoms with Gasteiger partial charge in [0.05, 0.1) is 16.7 Å². The number of nitrogens with one attached hydrogen (secondary N) is 1. The van der Waals surface area contributed by atoms with Crippen LogP contribution in [0.25, 0.3) is 0 Å². The number of piperidine rings is 1. The second-order valence-electron chi connectivity index (χ2n) is 8.28. The number of carbonyl (C=O) groups is 3. The summed E-state index contributed by atoms with van der Waals surface area (Å²) >= 11 is 0. The molecule has 28 heavy (non-hydrogen) atoms. The molecule has 1 saturated heterocycles. The van der Waals surface area contributed by atoms with Gasteiger partial charge >= 0.3 is 6.18 Å². The van der Waals surface area contributed by atoms with Crippen LogP contribution in [0.5, 0.6) is 0 Å². The van der Waals surface area contributed by atoms with E-state index < -0.39 is 28.5 Å². The number of likely N-dealkylation sites (tertiary alicyclic amines) is 1. The summed E-state index contributed by atoms with van der Waals surface area (Å²) in [6, 6.07) is 4.68. The number of anilines is 1. The van der Waals surface area contributed by atoms with E-state index in [1.807, 2.05) is 20.8 Å². The average Bonchev–Trinajstić information content (AvgIpc) is 2.78. The molecule has 2 atom stereocenters. The summed E-state index contributed by atoms with van der Waals surface area (Å²) in [5.41, 5.74) is -2.42. The molecule has 1 saturated carbocycles. The quantitative estimate of drug-likeness (QED) is 0.787. The summed E-state index contributed by atoms with van der Waals surface area (Å²) in [5, 5.41) is 2.24. The Labute approximate surface area is 161 Å². The lowest BCUT2D eigenvalue weighted by Gasteiger charge is -2.47. The monoisotopic (exact) mass is 396 g/mol. The molecular formula is C20H23F3N2O3. The molecule has 0 aromatic heterocycles. The van der Waals surface area contributed by atoms with E-state index in [1.54, 1.807) is 0 Å². The first-order valence-electron chi connectivity index (χ1n) is 9.21. The number of para-hydroxylation sites is 1. The molecule has 2 aliphatic rings. The second kappa shape index (κ2) is 6.60. The van der Waals surface area contributed by atoms with E-state index in [0.29, 0.717) is 12.8 Å². The SMILES string of the molecule is CC12CCC(C(=O)N(CCC(=O)Nc3ccccc3C(F)(F)F)C1=O)C2(C)C. The Morgan fingerprint density at radius 1 is 1.21 bits per heavy atom. The van der Waals surface area contributed by atoms with Crippen LogP contribution in [0.3, 0.4) is 0 Å². The molecule has 2 unspecified atom stereocenters.